The smallest absolute Gasteiger partial charge is 0.237 e. The van der Waals surface area contributed by atoms with E-state index in [0.717, 1.165) is 26.9 Å². The molecule has 0 unspecified atom stereocenters. The van der Waals surface area contributed by atoms with Gasteiger partial charge >= 0.3 is 0 Å². The Balaban J connectivity index is 1.58. The summed E-state index contributed by atoms with van der Waals surface area (Å²) in [7, 11) is 1.77. The van der Waals surface area contributed by atoms with Crippen LogP contribution in [0.3, 0.4) is 0 Å². The maximum atomic E-state index is 12.8. The van der Waals surface area contributed by atoms with Gasteiger partial charge in [0.05, 0.1) is 5.41 Å². The van der Waals surface area contributed by atoms with Crippen LogP contribution in [-0.4, -0.2) is 18.1 Å². The molecule has 1 heterocycles. The number of thioether (sulfide) groups is 1. The summed E-state index contributed by atoms with van der Waals surface area (Å²) in [6.45, 7) is 1.87. The third-order valence-corrected chi connectivity index (χ3v) is 5.95. The van der Waals surface area contributed by atoms with E-state index in [1.54, 1.807) is 11.9 Å². The molecule has 26 heavy (non-hydrogen) atoms. The van der Waals surface area contributed by atoms with Crippen LogP contribution in [0.15, 0.2) is 71.6 Å². The third-order valence-electron chi connectivity index (χ3n) is 5.09. The first-order valence-corrected chi connectivity index (χ1v) is 9.38. The Bertz CT molecular complexity index is 1030. The average molecular weight is 361 g/mol. The van der Waals surface area contributed by atoms with E-state index in [-0.39, 0.29) is 17.4 Å². The highest BCUT2D eigenvalue weighted by Crippen LogP contribution is 2.44. The number of amides is 1. The molecule has 1 aliphatic heterocycles. The lowest BCUT2D eigenvalue weighted by Gasteiger charge is -2.22. The van der Waals surface area contributed by atoms with Gasteiger partial charge in [-0.25, -0.2) is 0 Å². The molecule has 0 bridgehead atoms. The van der Waals surface area contributed by atoms with Gasteiger partial charge in [0.15, 0.2) is 5.12 Å². The van der Waals surface area contributed by atoms with Crippen molar-refractivity contribution in [2.75, 3.05) is 11.9 Å². The maximum absolute atomic E-state index is 12.8. The molecule has 130 valence electrons. The zero-order chi connectivity index (χ0) is 18.3. The largest absolute Gasteiger partial charge is 0.314 e. The summed E-state index contributed by atoms with van der Waals surface area (Å²) < 4.78 is 0. The van der Waals surface area contributed by atoms with E-state index in [9.17, 15) is 9.59 Å². The van der Waals surface area contributed by atoms with Crippen LogP contribution in [0.4, 0.5) is 5.69 Å². The molecule has 0 spiro atoms. The quantitative estimate of drug-likeness (QED) is 0.630. The molecule has 3 aromatic rings. The SMILES string of the molecule is CN1C(=O)[C@@](C)(CC(=O)Sc2ccc3ccccc3c2)c2ccccc21. The van der Waals surface area contributed by atoms with E-state index < -0.39 is 5.41 Å². The van der Waals surface area contributed by atoms with E-state index >= 15 is 0 Å². The molecule has 4 heteroatoms. The third kappa shape index (κ3) is 2.71. The fourth-order valence-electron chi connectivity index (χ4n) is 3.69. The second-order valence-corrected chi connectivity index (χ2v) is 8.00. The molecule has 0 aromatic heterocycles. The summed E-state index contributed by atoms with van der Waals surface area (Å²) in [5, 5.41) is 2.26. The monoisotopic (exact) mass is 361 g/mol. The van der Waals surface area contributed by atoms with Gasteiger partial charge in [0.1, 0.15) is 0 Å². The minimum atomic E-state index is -0.799. The molecule has 3 aromatic carbocycles. The number of carbonyl (C=O) groups is 2. The van der Waals surface area contributed by atoms with Crippen molar-refractivity contribution < 1.29 is 9.59 Å². The van der Waals surface area contributed by atoms with E-state index in [1.165, 1.54) is 11.8 Å². The Hall–Kier alpha value is -2.59. The van der Waals surface area contributed by atoms with Gasteiger partial charge < -0.3 is 4.90 Å². The molecule has 1 aliphatic rings. The van der Waals surface area contributed by atoms with E-state index in [4.69, 9.17) is 0 Å². The topological polar surface area (TPSA) is 37.4 Å². The average Bonchev–Trinajstić information content (AvgIpc) is 2.83. The van der Waals surface area contributed by atoms with Gasteiger partial charge in [-0.3, -0.25) is 9.59 Å². The Morgan fingerprint density at radius 3 is 2.50 bits per heavy atom. The predicted octanol–water partition coefficient (Wildman–Crippen LogP) is 4.78. The Morgan fingerprint density at radius 2 is 1.69 bits per heavy atom. The number of rotatable bonds is 3. The second kappa shape index (κ2) is 6.29. The van der Waals surface area contributed by atoms with Crippen LogP contribution >= 0.6 is 11.8 Å². The summed E-state index contributed by atoms with van der Waals surface area (Å²) in [6, 6.07) is 21.8. The number of hydrogen-bond donors (Lipinski definition) is 0. The second-order valence-electron chi connectivity index (χ2n) is 6.87. The van der Waals surface area contributed by atoms with Gasteiger partial charge in [-0.2, -0.15) is 0 Å². The van der Waals surface area contributed by atoms with Crippen molar-refractivity contribution in [2.45, 2.75) is 23.7 Å². The van der Waals surface area contributed by atoms with Crippen molar-refractivity contribution in [3.8, 4) is 0 Å². The molecule has 0 radical (unpaired) electrons. The molecule has 1 amide bonds. The van der Waals surface area contributed by atoms with E-state index in [1.807, 2.05) is 67.6 Å². The zero-order valence-electron chi connectivity index (χ0n) is 14.7. The van der Waals surface area contributed by atoms with Crippen molar-refractivity contribution in [3.05, 3.63) is 72.3 Å². The number of hydrogen-bond acceptors (Lipinski definition) is 3. The molecule has 0 aliphatic carbocycles. The van der Waals surface area contributed by atoms with Gasteiger partial charge in [-0.15, -0.1) is 0 Å². The predicted molar refractivity (Wildman–Crippen MR) is 107 cm³/mol. The van der Waals surface area contributed by atoms with Gasteiger partial charge in [0.25, 0.3) is 0 Å². The molecule has 4 rings (SSSR count). The number of likely N-dealkylation sites (N-methyl/N-ethyl adjacent to an activating group) is 1. The van der Waals surface area contributed by atoms with Gasteiger partial charge in [0.2, 0.25) is 5.91 Å². The molecular formula is C22H19NO2S. The molecule has 0 saturated heterocycles. The molecule has 0 fully saturated rings. The van der Waals surface area contributed by atoms with Crippen molar-refractivity contribution in [2.24, 2.45) is 0 Å². The van der Waals surface area contributed by atoms with Crippen LogP contribution in [0.1, 0.15) is 18.9 Å². The number of para-hydroxylation sites is 1. The van der Waals surface area contributed by atoms with Crippen LogP contribution in [0, 0.1) is 0 Å². The highest BCUT2D eigenvalue weighted by atomic mass is 32.2. The lowest BCUT2D eigenvalue weighted by Crippen LogP contribution is -2.37. The molecule has 1 atom stereocenters. The lowest BCUT2D eigenvalue weighted by molar-refractivity contribution is -0.125. The van der Waals surface area contributed by atoms with Crippen molar-refractivity contribution in [1.29, 1.82) is 0 Å². The van der Waals surface area contributed by atoms with Crippen LogP contribution in [-0.2, 0) is 15.0 Å². The van der Waals surface area contributed by atoms with Crippen molar-refractivity contribution >= 4 is 39.2 Å². The van der Waals surface area contributed by atoms with Crippen LogP contribution in [0.25, 0.3) is 10.8 Å². The minimum Gasteiger partial charge on any atom is -0.314 e. The number of anilines is 1. The fourth-order valence-corrected chi connectivity index (χ4v) is 4.63. The Morgan fingerprint density at radius 1 is 1.00 bits per heavy atom. The Kier molecular flexibility index (Phi) is 4.08. The highest BCUT2D eigenvalue weighted by molar-refractivity contribution is 8.13. The lowest BCUT2D eigenvalue weighted by atomic mass is 9.81. The van der Waals surface area contributed by atoms with Crippen LogP contribution < -0.4 is 4.90 Å². The van der Waals surface area contributed by atoms with Crippen molar-refractivity contribution in [1.82, 2.24) is 0 Å². The normalized spacial score (nSPS) is 19.0. The fraction of sp³-hybridized carbons (Fsp3) is 0.182. The molecule has 3 nitrogen and oxygen atoms in total. The van der Waals surface area contributed by atoms with Gasteiger partial charge in [-0.1, -0.05) is 60.3 Å². The number of benzene rings is 3. The zero-order valence-corrected chi connectivity index (χ0v) is 15.5. The first-order chi connectivity index (χ1) is 12.5. The van der Waals surface area contributed by atoms with Gasteiger partial charge in [-0.05, 0) is 41.5 Å². The van der Waals surface area contributed by atoms with Crippen molar-refractivity contribution in [3.63, 3.8) is 0 Å². The number of nitrogens with zero attached hydrogens (tertiary/aromatic N) is 1. The maximum Gasteiger partial charge on any atom is 0.237 e. The summed E-state index contributed by atoms with van der Waals surface area (Å²) in [5.41, 5.74) is 1.02. The van der Waals surface area contributed by atoms with Crippen LogP contribution in [0.5, 0.6) is 0 Å². The molecule has 0 saturated carbocycles. The highest BCUT2D eigenvalue weighted by Gasteiger charge is 2.47. The summed E-state index contributed by atoms with van der Waals surface area (Å²) in [4.78, 5) is 28.1. The standard InChI is InChI=1S/C22H19NO2S/c1-22(18-9-5-6-10-19(18)23(2)21(22)25)14-20(24)26-17-12-11-15-7-3-4-8-16(15)13-17/h3-13H,14H2,1-2H3/t22-/m0/s1. The Labute approximate surface area is 157 Å². The first-order valence-electron chi connectivity index (χ1n) is 8.56. The molecular weight excluding hydrogens is 342 g/mol. The summed E-state index contributed by atoms with van der Waals surface area (Å²) in [5.74, 6) is -0.0221. The number of carbonyl (C=O) groups excluding carboxylic acids is 2. The van der Waals surface area contributed by atoms with E-state index in [0.29, 0.717) is 0 Å². The summed E-state index contributed by atoms with van der Waals surface area (Å²) in [6.07, 6.45) is 0.185. The number of fused-ring (bicyclic) bond motifs is 2. The first kappa shape index (κ1) is 16.9. The summed E-state index contributed by atoms with van der Waals surface area (Å²) >= 11 is 1.21. The van der Waals surface area contributed by atoms with Gasteiger partial charge in [0, 0.05) is 24.1 Å². The van der Waals surface area contributed by atoms with Crippen LogP contribution in [0.2, 0.25) is 0 Å². The molecule has 0 N–H and O–H groups in total. The van der Waals surface area contributed by atoms with E-state index in [2.05, 4.69) is 6.07 Å². The minimum absolute atomic E-state index is 0.00114.